The van der Waals surface area contributed by atoms with E-state index in [2.05, 4.69) is 10.2 Å². The SMILES string of the molecule is COC(=O)NN(C)S(=O)(=O)c1ccccc1. The first kappa shape index (κ1) is 12.5. The van der Waals surface area contributed by atoms with Crippen LogP contribution in [0, 0.1) is 0 Å². The number of methoxy groups -OCH3 is 1. The largest absolute Gasteiger partial charge is 0.452 e. The van der Waals surface area contributed by atoms with E-state index in [0.717, 1.165) is 7.11 Å². The minimum atomic E-state index is -3.72. The van der Waals surface area contributed by atoms with Gasteiger partial charge in [0, 0.05) is 7.05 Å². The number of nitrogens with zero attached hydrogens (tertiary/aromatic N) is 1. The zero-order valence-corrected chi connectivity index (χ0v) is 9.69. The number of sulfonamides is 1. The van der Waals surface area contributed by atoms with Crippen molar-refractivity contribution in [3.8, 4) is 0 Å². The number of hydrazine groups is 1. The van der Waals surface area contributed by atoms with E-state index >= 15 is 0 Å². The lowest BCUT2D eigenvalue weighted by Crippen LogP contribution is -2.43. The molecule has 0 aliphatic rings. The van der Waals surface area contributed by atoms with Crippen molar-refractivity contribution in [3.63, 3.8) is 0 Å². The van der Waals surface area contributed by atoms with Gasteiger partial charge >= 0.3 is 6.09 Å². The van der Waals surface area contributed by atoms with E-state index in [-0.39, 0.29) is 4.90 Å². The van der Waals surface area contributed by atoms with Gasteiger partial charge in [0.05, 0.1) is 12.0 Å². The van der Waals surface area contributed by atoms with E-state index in [0.29, 0.717) is 4.41 Å². The Morgan fingerprint density at radius 2 is 1.88 bits per heavy atom. The third kappa shape index (κ3) is 2.71. The van der Waals surface area contributed by atoms with Crippen LogP contribution in [0.3, 0.4) is 0 Å². The van der Waals surface area contributed by atoms with Gasteiger partial charge in [-0.2, -0.15) is 0 Å². The lowest BCUT2D eigenvalue weighted by Gasteiger charge is -2.16. The maximum atomic E-state index is 11.8. The van der Waals surface area contributed by atoms with Gasteiger partial charge in [-0.15, -0.1) is 4.41 Å². The molecule has 0 saturated heterocycles. The minimum absolute atomic E-state index is 0.0916. The maximum Gasteiger partial charge on any atom is 0.422 e. The molecule has 7 heteroatoms. The van der Waals surface area contributed by atoms with Gasteiger partial charge in [0.25, 0.3) is 10.0 Å². The van der Waals surface area contributed by atoms with Crippen LogP contribution in [0.5, 0.6) is 0 Å². The molecule has 0 atom stereocenters. The smallest absolute Gasteiger partial charge is 0.422 e. The molecule has 1 amide bonds. The number of carbonyl (C=O) groups is 1. The molecule has 0 aromatic heterocycles. The molecule has 0 bridgehead atoms. The van der Waals surface area contributed by atoms with Crippen LogP contribution >= 0.6 is 0 Å². The third-order valence-electron chi connectivity index (χ3n) is 1.84. The van der Waals surface area contributed by atoms with Gasteiger partial charge in [-0.25, -0.2) is 18.6 Å². The molecule has 1 aromatic carbocycles. The fraction of sp³-hybridized carbons (Fsp3) is 0.222. The summed E-state index contributed by atoms with van der Waals surface area (Å²) in [6, 6.07) is 7.76. The topological polar surface area (TPSA) is 75.7 Å². The van der Waals surface area contributed by atoms with Gasteiger partial charge in [0.1, 0.15) is 0 Å². The fourth-order valence-electron chi connectivity index (χ4n) is 0.985. The van der Waals surface area contributed by atoms with Crippen LogP contribution in [0.4, 0.5) is 4.79 Å². The van der Waals surface area contributed by atoms with E-state index < -0.39 is 16.1 Å². The highest BCUT2D eigenvalue weighted by Crippen LogP contribution is 2.11. The van der Waals surface area contributed by atoms with Crippen LogP contribution in [0.15, 0.2) is 35.2 Å². The molecule has 0 saturated carbocycles. The normalized spacial score (nSPS) is 11.2. The number of rotatable bonds is 3. The lowest BCUT2D eigenvalue weighted by atomic mass is 10.4. The maximum absolute atomic E-state index is 11.8. The summed E-state index contributed by atoms with van der Waals surface area (Å²) >= 11 is 0. The first-order valence-corrected chi connectivity index (χ1v) is 5.81. The molecule has 0 unspecified atom stereocenters. The second kappa shape index (κ2) is 4.95. The molecule has 0 aliphatic carbocycles. The molecule has 0 aliphatic heterocycles. The Bertz CT molecular complexity index is 458. The van der Waals surface area contributed by atoms with Crippen LogP contribution < -0.4 is 5.43 Å². The van der Waals surface area contributed by atoms with Crippen molar-refractivity contribution >= 4 is 16.1 Å². The standard InChI is InChI=1S/C9H12N2O4S/c1-11(10-9(12)15-2)16(13,14)8-6-4-3-5-7-8/h3-7H,1-2H3,(H,10,12). The van der Waals surface area contributed by atoms with Crippen LogP contribution in [-0.2, 0) is 14.8 Å². The third-order valence-corrected chi connectivity index (χ3v) is 3.52. The fourth-order valence-corrected chi connectivity index (χ4v) is 2.00. The van der Waals surface area contributed by atoms with Gasteiger partial charge in [-0.1, -0.05) is 18.2 Å². The number of carbonyl (C=O) groups excluding carboxylic acids is 1. The summed E-state index contributed by atoms with van der Waals surface area (Å²) in [6.07, 6.45) is -0.845. The predicted molar refractivity (Wildman–Crippen MR) is 56.9 cm³/mol. The van der Waals surface area contributed by atoms with E-state index in [1.54, 1.807) is 18.2 Å². The van der Waals surface area contributed by atoms with Crippen LogP contribution in [0.2, 0.25) is 0 Å². The van der Waals surface area contributed by atoms with E-state index in [1.807, 2.05) is 0 Å². The second-order valence-corrected chi connectivity index (χ2v) is 4.86. The predicted octanol–water partition coefficient (Wildman–Crippen LogP) is 0.578. The Morgan fingerprint density at radius 1 is 1.31 bits per heavy atom. The number of hydrogen-bond donors (Lipinski definition) is 1. The van der Waals surface area contributed by atoms with E-state index in [9.17, 15) is 13.2 Å². The van der Waals surface area contributed by atoms with Crippen LogP contribution in [0.25, 0.3) is 0 Å². The van der Waals surface area contributed by atoms with Crippen molar-refractivity contribution in [3.05, 3.63) is 30.3 Å². The minimum Gasteiger partial charge on any atom is -0.452 e. The van der Waals surface area contributed by atoms with Crippen LogP contribution in [-0.4, -0.2) is 33.1 Å². The molecule has 88 valence electrons. The average molecular weight is 244 g/mol. The van der Waals surface area contributed by atoms with E-state index in [4.69, 9.17) is 0 Å². The quantitative estimate of drug-likeness (QED) is 0.789. The number of hydrogen-bond acceptors (Lipinski definition) is 4. The van der Waals surface area contributed by atoms with Gasteiger partial charge in [0.2, 0.25) is 0 Å². The van der Waals surface area contributed by atoms with Crippen molar-refractivity contribution in [2.75, 3.05) is 14.2 Å². The van der Waals surface area contributed by atoms with Crippen molar-refractivity contribution in [1.29, 1.82) is 0 Å². The molecular weight excluding hydrogens is 232 g/mol. The van der Waals surface area contributed by atoms with Crippen molar-refractivity contribution in [2.45, 2.75) is 4.90 Å². The number of amides is 1. The Morgan fingerprint density at radius 3 is 2.38 bits per heavy atom. The summed E-state index contributed by atoms with van der Waals surface area (Å²) in [4.78, 5) is 11.0. The first-order chi connectivity index (χ1) is 7.48. The molecule has 0 fully saturated rings. The van der Waals surface area contributed by atoms with Gasteiger partial charge in [0.15, 0.2) is 0 Å². The molecule has 1 N–H and O–H groups in total. The second-order valence-electron chi connectivity index (χ2n) is 2.89. The highest BCUT2D eigenvalue weighted by atomic mass is 32.2. The van der Waals surface area contributed by atoms with Crippen molar-refractivity contribution < 1.29 is 17.9 Å². The molecule has 1 aromatic rings. The molecule has 16 heavy (non-hydrogen) atoms. The molecule has 0 radical (unpaired) electrons. The summed E-state index contributed by atoms with van der Waals surface area (Å²) in [5, 5.41) is 0. The zero-order valence-electron chi connectivity index (χ0n) is 8.88. The van der Waals surface area contributed by atoms with E-state index in [1.165, 1.54) is 19.2 Å². The summed E-state index contributed by atoms with van der Waals surface area (Å²) in [5.74, 6) is 0. The highest BCUT2D eigenvalue weighted by molar-refractivity contribution is 7.89. The number of nitrogens with one attached hydrogen (secondary N) is 1. The zero-order chi connectivity index (χ0) is 12.2. The molecule has 0 heterocycles. The van der Waals surface area contributed by atoms with Crippen molar-refractivity contribution in [1.82, 2.24) is 9.84 Å². The summed E-state index contributed by atoms with van der Waals surface area (Å²) in [7, 11) is -1.35. The summed E-state index contributed by atoms with van der Waals surface area (Å²) in [6.45, 7) is 0. The molecular formula is C9H12N2O4S. The van der Waals surface area contributed by atoms with Gasteiger partial charge in [-0.3, -0.25) is 0 Å². The average Bonchev–Trinajstić information content (AvgIpc) is 2.29. The number of benzene rings is 1. The van der Waals surface area contributed by atoms with Gasteiger partial charge < -0.3 is 4.74 Å². The van der Waals surface area contributed by atoms with Crippen LogP contribution in [0.1, 0.15) is 0 Å². The highest BCUT2D eigenvalue weighted by Gasteiger charge is 2.21. The van der Waals surface area contributed by atoms with Gasteiger partial charge in [-0.05, 0) is 12.1 Å². The molecule has 1 rings (SSSR count). The monoisotopic (exact) mass is 244 g/mol. The number of ether oxygens (including phenoxy) is 1. The Labute approximate surface area is 93.8 Å². The Balaban J connectivity index is 2.91. The summed E-state index contributed by atoms with van der Waals surface area (Å²) in [5.41, 5.74) is 2.05. The lowest BCUT2D eigenvalue weighted by molar-refractivity contribution is 0.155. The van der Waals surface area contributed by atoms with Crippen molar-refractivity contribution in [2.24, 2.45) is 0 Å². The Kier molecular flexibility index (Phi) is 3.86. The molecule has 0 spiro atoms. The Hall–Kier alpha value is -1.60. The first-order valence-electron chi connectivity index (χ1n) is 4.37. The molecule has 6 nitrogen and oxygen atoms in total. The summed E-state index contributed by atoms with van der Waals surface area (Å²) < 4.78 is 28.7.